The van der Waals surface area contributed by atoms with Crippen LogP contribution < -0.4 is 5.56 Å². The third kappa shape index (κ3) is 2.42. The molecule has 1 aromatic rings. The quantitative estimate of drug-likeness (QED) is 0.869. The van der Waals surface area contributed by atoms with Crippen LogP contribution in [0.4, 0.5) is 0 Å². The maximum Gasteiger partial charge on any atom is 0.247 e. The minimum atomic E-state index is -3.44. The summed E-state index contributed by atoms with van der Waals surface area (Å²) in [6.07, 6.45) is 3.17. The van der Waals surface area contributed by atoms with Gasteiger partial charge in [0.1, 0.15) is 0 Å². The monoisotopic (exact) mass is 256 g/mol. The number of nitrogens with zero attached hydrogens (tertiary/aromatic N) is 1. The van der Waals surface area contributed by atoms with Crippen molar-refractivity contribution in [3.63, 3.8) is 0 Å². The van der Waals surface area contributed by atoms with Crippen LogP contribution in [-0.4, -0.2) is 30.8 Å². The van der Waals surface area contributed by atoms with Crippen LogP contribution in [0.15, 0.2) is 28.0 Å². The van der Waals surface area contributed by atoms with Gasteiger partial charge in [-0.3, -0.25) is 4.79 Å². The molecule has 0 aliphatic carbocycles. The number of aromatic amines is 1. The maximum atomic E-state index is 12.2. The van der Waals surface area contributed by atoms with Crippen molar-refractivity contribution in [1.82, 2.24) is 9.29 Å². The van der Waals surface area contributed by atoms with Crippen LogP contribution in [0, 0.1) is 5.92 Å². The summed E-state index contributed by atoms with van der Waals surface area (Å²) in [7, 11) is -3.44. The number of sulfonamides is 1. The van der Waals surface area contributed by atoms with E-state index in [-0.39, 0.29) is 10.5 Å². The number of H-pyrrole nitrogens is 1. The highest BCUT2D eigenvalue weighted by Crippen LogP contribution is 2.25. The fourth-order valence-corrected chi connectivity index (χ4v) is 3.55. The van der Waals surface area contributed by atoms with Crippen molar-refractivity contribution in [2.75, 3.05) is 13.1 Å². The van der Waals surface area contributed by atoms with Gasteiger partial charge in [0.05, 0.1) is 4.90 Å². The average molecular weight is 256 g/mol. The molecule has 94 valence electrons. The van der Waals surface area contributed by atoms with Gasteiger partial charge in [-0.15, -0.1) is 0 Å². The molecule has 5 nitrogen and oxygen atoms in total. The zero-order valence-electron chi connectivity index (χ0n) is 9.72. The second kappa shape index (κ2) is 4.62. The first-order valence-electron chi connectivity index (χ1n) is 5.73. The van der Waals surface area contributed by atoms with Gasteiger partial charge in [-0.2, -0.15) is 4.31 Å². The van der Waals surface area contributed by atoms with E-state index in [0.29, 0.717) is 19.0 Å². The van der Waals surface area contributed by atoms with E-state index in [4.69, 9.17) is 0 Å². The standard InChI is InChI=1S/C11H16N2O3S/c1-2-9-5-6-13(8-9)17(15,16)10-3-4-11(14)12-7-10/h3-4,7,9H,2,5-6,8H2,1H3,(H,12,14). The Labute approximate surface area is 101 Å². The fraction of sp³-hybridized carbons (Fsp3) is 0.545. The van der Waals surface area contributed by atoms with Crippen LogP contribution >= 0.6 is 0 Å². The number of hydrogen-bond acceptors (Lipinski definition) is 3. The van der Waals surface area contributed by atoms with Gasteiger partial charge in [-0.05, 0) is 18.4 Å². The number of rotatable bonds is 3. The fourth-order valence-electron chi connectivity index (χ4n) is 2.05. The summed E-state index contributed by atoms with van der Waals surface area (Å²) in [5.41, 5.74) is -0.295. The summed E-state index contributed by atoms with van der Waals surface area (Å²) in [5, 5.41) is 0. The smallest absolute Gasteiger partial charge is 0.247 e. The summed E-state index contributed by atoms with van der Waals surface area (Å²) in [5.74, 6) is 0.451. The lowest BCUT2D eigenvalue weighted by Gasteiger charge is -2.15. The maximum absolute atomic E-state index is 12.2. The molecular formula is C11H16N2O3S. The number of hydrogen-bond donors (Lipinski definition) is 1. The topological polar surface area (TPSA) is 70.2 Å². The molecule has 1 N–H and O–H groups in total. The van der Waals surface area contributed by atoms with Gasteiger partial charge in [0.15, 0.2) is 0 Å². The highest BCUT2D eigenvalue weighted by molar-refractivity contribution is 7.89. The Bertz CT molecular complexity index is 530. The van der Waals surface area contributed by atoms with E-state index in [2.05, 4.69) is 11.9 Å². The number of pyridine rings is 1. The Kier molecular flexibility index (Phi) is 3.35. The van der Waals surface area contributed by atoms with Gasteiger partial charge < -0.3 is 4.98 Å². The van der Waals surface area contributed by atoms with E-state index < -0.39 is 10.0 Å². The van der Waals surface area contributed by atoms with Gasteiger partial charge in [0.25, 0.3) is 0 Å². The SMILES string of the molecule is CCC1CCN(S(=O)(=O)c2ccc(=O)[nH]c2)C1. The molecule has 2 heterocycles. The second-order valence-corrected chi connectivity index (χ2v) is 6.25. The summed E-state index contributed by atoms with van der Waals surface area (Å²) in [4.78, 5) is 13.5. The first-order chi connectivity index (χ1) is 8.04. The van der Waals surface area contributed by atoms with Gasteiger partial charge in [0, 0.05) is 25.4 Å². The molecule has 0 bridgehead atoms. The van der Waals surface area contributed by atoms with Crippen molar-refractivity contribution < 1.29 is 8.42 Å². The lowest BCUT2D eigenvalue weighted by molar-refractivity contribution is 0.452. The van der Waals surface area contributed by atoms with Crippen LogP contribution in [0.5, 0.6) is 0 Å². The van der Waals surface area contributed by atoms with E-state index in [1.165, 1.54) is 22.6 Å². The normalized spacial score (nSPS) is 21.8. The Morgan fingerprint density at radius 1 is 1.47 bits per heavy atom. The van der Waals surface area contributed by atoms with Crippen LogP contribution in [0.25, 0.3) is 0 Å². The largest absolute Gasteiger partial charge is 0.328 e. The third-order valence-electron chi connectivity index (χ3n) is 3.22. The highest BCUT2D eigenvalue weighted by Gasteiger charge is 2.31. The Balaban J connectivity index is 2.25. The van der Waals surface area contributed by atoms with Crippen LogP contribution in [0.1, 0.15) is 19.8 Å². The minimum Gasteiger partial charge on any atom is -0.328 e. The van der Waals surface area contributed by atoms with Crippen LogP contribution in [-0.2, 0) is 10.0 Å². The molecule has 0 saturated carbocycles. The van der Waals surface area contributed by atoms with E-state index >= 15 is 0 Å². The molecule has 0 radical (unpaired) electrons. The molecule has 1 atom stereocenters. The summed E-state index contributed by atoms with van der Waals surface area (Å²) < 4.78 is 25.9. The molecular weight excluding hydrogens is 240 g/mol. The molecule has 0 amide bonds. The van der Waals surface area contributed by atoms with E-state index in [9.17, 15) is 13.2 Å². The van der Waals surface area contributed by atoms with Gasteiger partial charge in [-0.1, -0.05) is 13.3 Å². The molecule has 2 rings (SSSR count). The minimum absolute atomic E-state index is 0.161. The lowest BCUT2D eigenvalue weighted by atomic mass is 10.1. The van der Waals surface area contributed by atoms with Crippen LogP contribution in [0.2, 0.25) is 0 Å². The third-order valence-corrected chi connectivity index (χ3v) is 5.08. The predicted molar refractivity (Wildman–Crippen MR) is 64.2 cm³/mol. The van der Waals surface area contributed by atoms with Gasteiger partial charge in [-0.25, -0.2) is 8.42 Å². The molecule has 1 fully saturated rings. The molecule has 1 unspecified atom stereocenters. The van der Waals surface area contributed by atoms with Crippen molar-refractivity contribution in [3.05, 3.63) is 28.7 Å². The Morgan fingerprint density at radius 2 is 2.24 bits per heavy atom. The molecule has 0 spiro atoms. The second-order valence-electron chi connectivity index (χ2n) is 4.31. The molecule has 17 heavy (non-hydrogen) atoms. The molecule has 1 aromatic heterocycles. The zero-order valence-corrected chi connectivity index (χ0v) is 10.5. The average Bonchev–Trinajstić information content (AvgIpc) is 2.78. The number of aromatic nitrogens is 1. The summed E-state index contributed by atoms with van der Waals surface area (Å²) >= 11 is 0. The van der Waals surface area contributed by atoms with E-state index in [1.54, 1.807) is 0 Å². The van der Waals surface area contributed by atoms with Gasteiger partial charge in [0.2, 0.25) is 15.6 Å². The van der Waals surface area contributed by atoms with Crippen molar-refractivity contribution in [2.45, 2.75) is 24.7 Å². The first kappa shape index (κ1) is 12.3. The van der Waals surface area contributed by atoms with Crippen molar-refractivity contribution in [2.24, 2.45) is 5.92 Å². The first-order valence-corrected chi connectivity index (χ1v) is 7.17. The Morgan fingerprint density at radius 3 is 2.76 bits per heavy atom. The van der Waals surface area contributed by atoms with Gasteiger partial charge >= 0.3 is 0 Å². The molecule has 6 heteroatoms. The van der Waals surface area contributed by atoms with E-state index in [0.717, 1.165) is 12.8 Å². The Hall–Kier alpha value is -1.14. The van der Waals surface area contributed by atoms with Crippen LogP contribution in [0.3, 0.4) is 0 Å². The molecule has 1 saturated heterocycles. The molecule has 0 aromatic carbocycles. The zero-order chi connectivity index (χ0) is 12.5. The van der Waals surface area contributed by atoms with Crippen molar-refractivity contribution in [1.29, 1.82) is 0 Å². The van der Waals surface area contributed by atoms with E-state index in [1.807, 2.05) is 0 Å². The molecule has 1 aliphatic heterocycles. The lowest BCUT2D eigenvalue weighted by Crippen LogP contribution is -2.29. The summed E-state index contributed by atoms with van der Waals surface area (Å²) in [6, 6.07) is 2.59. The molecule has 1 aliphatic rings. The number of nitrogens with one attached hydrogen (secondary N) is 1. The predicted octanol–water partition coefficient (Wildman–Crippen LogP) is 0.795. The van der Waals surface area contributed by atoms with Crippen molar-refractivity contribution in [3.8, 4) is 0 Å². The highest BCUT2D eigenvalue weighted by atomic mass is 32.2. The van der Waals surface area contributed by atoms with Crippen molar-refractivity contribution >= 4 is 10.0 Å². The summed E-state index contributed by atoms with van der Waals surface area (Å²) in [6.45, 7) is 3.22.